The van der Waals surface area contributed by atoms with Crippen molar-refractivity contribution >= 4 is 17.9 Å². The van der Waals surface area contributed by atoms with Gasteiger partial charge in [-0.3, -0.25) is 20.4 Å². The van der Waals surface area contributed by atoms with Crippen LogP contribution < -0.4 is 10.9 Å². The van der Waals surface area contributed by atoms with E-state index in [1.807, 2.05) is 31.2 Å². The zero-order chi connectivity index (χ0) is 15.9. The van der Waals surface area contributed by atoms with Gasteiger partial charge >= 0.3 is 0 Å². The van der Waals surface area contributed by atoms with Crippen molar-refractivity contribution < 1.29 is 14.0 Å². The summed E-state index contributed by atoms with van der Waals surface area (Å²) in [5.41, 5.74) is 6.74. The number of carbonyl (C=O) groups excluding carboxylic acids is 2. The predicted octanol–water partition coefficient (Wildman–Crippen LogP) is 2.61. The maximum atomic E-state index is 12.7. The molecule has 0 aliphatic rings. The highest BCUT2D eigenvalue weighted by molar-refractivity contribution is 5.97. The van der Waals surface area contributed by atoms with Gasteiger partial charge in [-0.25, -0.2) is 4.39 Å². The molecule has 0 aliphatic heterocycles. The molecule has 0 aliphatic carbocycles. The molecule has 0 bridgehead atoms. The Morgan fingerprint density at radius 2 is 1.68 bits per heavy atom. The first-order valence-corrected chi connectivity index (χ1v) is 6.66. The summed E-state index contributed by atoms with van der Waals surface area (Å²) in [6, 6.07) is 12.6. The zero-order valence-electron chi connectivity index (χ0n) is 12.0. The van der Waals surface area contributed by atoms with E-state index in [0.29, 0.717) is 0 Å². The maximum absolute atomic E-state index is 12.7. The van der Waals surface area contributed by atoms with Crippen molar-refractivity contribution in [3.05, 3.63) is 77.1 Å². The number of nitrogens with one attached hydrogen (secondary N) is 2. The molecule has 4 nitrogen and oxygen atoms in total. The van der Waals surface area contributed by atoms with Crippen LogP contribution in [0.25, 0.3) is 6.08 Å². The third-order valence-corrected chi connectivity index (χ3v) is 3.01. The molecule has 2 aromatic carbocycles. The molecule has 0 atom stereocenters. The Balaban J connectivity index is 1.89. The fourth-order valence-electron chi connectivity index (χ4n) is 1.77. The van der Waals surface area contributed by atoms with Gasteiger partial charge in [-0.15, -0.1) is 0 Å². The van der Waals surface area contributed by atoms with Gasteiger partial charge < -0.3 is 0 Å². The fourth-order valence-corrected chi connectivity index (χ4v) is 1.77. The molecule has 5 heteroatoms. The quantitative estimate of drug-likeness (QED) is 0.676. The molecule has 0 unspecified atom stereocenters. The molecule has 0 fully saturated rings. The van der Waals surface area contributed by atoms with Crippen LogP contribution in [0.3, 0.4) is 0 Å². The third-order valence-electron chi connectivity index (χ3n) is 3.01. The number of carbonyl (C=O) groups is 2. The second-order valence-electron chi connectivity index (χ2n) is 4.64. The molecule has 0 heterocycles. The Labute approximate surface area is 127 Å². The van der Waals surface area contributed by atoms with Crippen molar-refractivity contribution in [3.8, 4) is 0 Å². The molecule has 2 N–H and O–H groups in total. The van der Waals surface area contributed by atoms with Gasteiger partial charge in [0.25, 0.3) is 11.8 Å². The standard InChI is InChI=1S/C17H15FN2O2/c1-12-4-2-3-5-13(12)8-11-16(21)19-20-17(22)14-6-9-15(18)10-7-14/h2-11H,1H3,(H,19,21)(H,20,22)/b11-8+. The number of aryl methyl sites for hydroxylation is 1. The van der Waals surface area contributed by atoms with Gasteiger partial charge in [-0.2, -0.15) is 0 Å². The Morgan fingerprint density at radius 3 is 2.36 bits per heavy atom. The number of hydrazine groups is 1. The SMILES string of the molecule is Cc1ccccc1/C=C/C(=O)NNC(=O)c1ccc(F)cc1. The maximum Gasteiger partial charge on any atom is 0.269 e. The predicted molar refractivity (Wildman–Crippen MR) is 82.2 cm³/mol. The van der Waals surface area contributed by atoms with Crippen molar-refractivity contribution in [1.29, 1.82) is 0 Å². The van der Waals surface area contributed by atoms with Gasteiger partial charge in [0.1, 0.15) is 5.82 Å². The summed E-state index contributed by atoms with van der Waals surface area (Å²) < 4.78 is 12.7. The van der Waals surface area contributed by atoms with Gasteiger partial charge in [0, 0.05) is 11.6 Å². The highest BCUT2D eigenvalue weighted by Gasteiger charge is 2.05. The molecular weight excluding hydrogens is 283 g/mol. The molecule has 0 aromatic heterocycles. The molecule has 112 valence electrons. The lowest BCUT2D eigenvalue weighted by Gasteiger charge is -2.05. The molecule has 0 saturated carbocycles. The van der Waals surface area contributed by atoms with Crippen LogP contribution in [0.15, 0.2) is 54.6 Å². The average molecular weight is 298 g/mol. The number of hydrogen-bond acceptors (Lipinski definition) is 2. The highest BCUT2D eigenvalue weighted by atomic mass is 19.1. The summed E-state index contributed by atoms with van der Waals surface area (Å²) in [6.07, 6.45) is 2.99. The van der Waals surface area contributed by atoms with E-state index < -0.39 is 17.6 Å². The Kier molecular flexibility index (Phi) is 5.03. The molecule has 2 aromatic rings. The Bertz CT molecular complexity index is 709. The topological polar surface area (TPSA) is 58.2 Å². The number of hydrogen-bond donors (Lipinski definition) is 2. The summed E-state index contributed by atoms with van der Waals surface area (Å²) in [5.74, 6) is -1.40. The van der Waals surface area contributed by atoms with Crippen LogP contribution in [0.2, 0.25) is 0 Å². The molecule has 2 amide bonds. The molecule has 0 spiro atoms. The van der Waals surface area contributed by atoms with E-state index >= 15 is 0 Å². The number of benzene rings is 2. The largest absolute Gasteiger partial charge is 0.269 e. The minimum Gasteiger partial charge on any atom is -0.268 e. The van der Waals surface area contributed by atoms with Gasteiger partial charge in [0.15, 0.2) is 0 Å². The summed E-state index contributed by atoms with van der Waals surface area (Å²) in [7, 11) is 0. The van der Waals surface area contributed by atoms with Gasteiger partial charge in [-0.1, -0.05) is 24.3 Å². The van der Waals surface area contributed by atoms with Crippen molar-refractivity contribution in [3.63, 3.8) is 0 Å². The molecule has 2 rings (SSSR count). The Hall–Kier alpha value is -2.95. The van der Waals surface area contributed by atoms with Crippen LogP contribution in [-0.4, -0.2) is 11.8 Å². The van der Waals surface area contributed by atoms with E-state index in [-0.39, 0.29) is 5.56 Å². The lowest BCUT2D eigenvalue weighted by molar-refractivity contribution is -0.117. The summed E-state index contributed by atoms with van der Waals surface area (Å²) in [6.45, 7) is 1.94. The Morgan fingerprint density at radius 1 is 1.00 bits per heavy atom. The number of halogens is 1. The van der Waals surface area contributed by atoms with Crippen LogP contribution >= 0.6 is 0 Å². The van der Waals surface area contributed by atoms with E-state index in [4.69, 9.17) is 0 Å². The highest BCUT2D eigenvalue weighted by Crippen LogP contribution is 2.08. The van der Waals surface area contributed by atoms with Crippen molar-refractivity contribution in [2.45, 2.75) is 6.92 Å². The molecule has 0 saturated heterocycles. The normalized spacial score (nSPS) is 10.5. The molecule has 22 heavy (non-hydrogen) atoms. The monoisotopic (exact) mass is 298 g/mol. The smallest absolute Gasteiger partial charge is 0.268 e. The molecule has 0 radical (unpaired) electrons. The second-order valence-corrected chi connectivity index (χ2v) is 4.64. The van der Waals surface area contributed by atoms with Gasteiger partial charge in [0.2, 0.25) is 0 Å². The first-order valence-electron chi connectivity index (χ1n) is 6.66. The van der Waals surface area contributed by atoms with E-state index in [1.165, 1.54) is 30.3 Å². The first kappa shape index (κ1) is 15.4. The molecular formula is C17H15FN2O2. The van der Waals surface area contributed by atoms with E-state index in [2.05, 4.69) is 10.9 Å². The van der Waals surface area contributed by atoms with Crippen LogP contribution in [0.1, 0.15) is 21.5 Å². The van der Waals surface area contributed by atoms with Gasteiger partial charge in [0.05, 0.1) is 0 Å². The number of rotatable bonds is 3. The first-order chi connectivity index (χ1) is 10.6. The lowest BCUT2D eigenvalue weighted by atomic mass is 10.1. The van der Waals surface area contributed by atoms with Gasteiger partial charge in [-0.05, 0) is 48.4 Å². The van der Waals surface area contributed by atoms with E-state index in [9.17, 15) is 14.0 Å². The third kappa shape index (κ3) is 4.28. The second kappa shape index (κ2) is 7.17. The van der Waals surface area contributed by atoms with Crippen molar-refractivity contribution in [2.75, 3.05) is 0 Å². The van der Waals surface area contributed by atoms with Crippen molar-refractivity contribution in [2.24, 2.45) is 0 Å². The van der Waals surface area contributed by atoms with Crippen LogP contribution in [-0.2, 0) is 4.79 Å². The summed E-state index contributed by atoms with van der Waals surface area (Å²) in [5, 5.41) is 0. The minimum atomic E-state index is -0.516. The van der Waals surface area contributed by atoms with E-state index in [1.54, 1.807) is 6.08 Å². The lowest BCUT2D eigenvalue weighted by Crippen LogP contribution is -2.40. The zero-order valence-corrected chi connectivity index (χ0v) is 12.0. The van der Waals surface area contributed by atoms with Crippen LogP contribution in [0.5, 0.6) is 0 Å². The van der Waals surface area contributed by atoms with E-state index in [0.717, 1.165) is 11.1 Å². The number of amides is 2. The summed E-state index contributed by atoms with van der Waals surface area (Å²) in [4.78, 5) is 23.4. The van der Waals surface area contributed by atoms with Crippen molar-refractivity contribution in [1.82, 2.24) is 10.9 Å². The van der Waals surface area contributed by atoms with Crippen LogP contribution in [0.4, 0.5) is 4.39 Å². The fraction of sp³-hybridized carbons (Fsp3) is 0.0588. The minimum absolute atomic E-state index is 0.254. The summed E-state index contributed by atoms with van der Waals surface area (Å²) >= 11 is 0. The average Bonchev–Trinajstić information content (AvgIpc) is 2.52. The van der Waals surface area contributed by atoms with Crippen LogP contribution in [0, 0.1) is 12.7 Å².